The van der Waals surface area contributed by atoms with Crippen LogP contribution in [0.2, 0.25) is 0 Å². The molecule has 4 nitrogen and oxygen atoms in total. The molecule has 3 aliphatic rings. The van der Waals surface area contributed by atoms with Crippen LogP contribution in [0.25, 0.3) is 0 Å². The minimum atomic E-state index is -0.627. The van der Waals surface area contributed by atoms with E-state index in [0.29, 0.717) is 5.25 Å². The molecule has 3 aliphatic heterocycles. The molecule has 0 radical (unpaired) electrons. The number of aliphatic hydroxyl groups is 1. The summed E-state index contributed by atoms with van der Waals surface area (Å²) in [6.45, 7) is 3.67. The van der Waals surface area contributed by atoms with Crippen LogP contribution in [0.5, 0.6) is 0 Å². The smallest absolute Gasteiger partial charge is 0.190 e. The zero-order valence-electron chi connectivity index (χ0n) is 8.17. The second-order valence-corrected chi connectivity index (χ2v) is 5.70. The summed E-state index contributed by atoms with van der Waals surface area (Å²) in [5.74, 6) is 0.447. The lowest BCUT2D eigenvalue weighted by molar-refractivity contribution is -0.213. The van der Waals surface area contributed by atoms with E-state index in [-0.39, 0.29) is 18.5 Å². The molecule has 0 aromatic rings. The maximum absolute atomic E-state index is 9.96. The average molecular weight is 218 g/mol. The van der Waals surface area contributed by atoms with Gasteiger partial charge in [-0.15, -0.1) is 0 Å². The largest absolute Gasteiger partial charge is 0.387 e. The number of fused-ring (bicyclic) bond motifs is 1. The van der Waals surface area contributed by atoms with Crippen molar-refractivity contribution in [1.29, 1.82) is 0 Å². The third kappa shape index (κ3) is 1.39. The Kier molecular flexibility index (Phi) is 1.92. The fourth-order valence-corrected chi connectivity index (χ4v) is 2.78. The molecular formula is C9H14O4S. The van der Waals surface area contributed by atoms with Crippen molar-refractivity contribution < 1.29 is 19.3 Å². The van der Waals surface area contributed by atoms with Crippen LogP contribution in [-0.4, -0.2) is 46.5 Å². The van der Waals surface area contributed by atoms with Crippen molar-refractivity contribution in [1.82, 2.24) is 0 Å². The molecule has 1 N–H and O–H groups in total. The summed E-state index contributed by atoms with van der Waals surface area (Å²) in [5.41, 5.74) is 0. The molecule has 5 heteroatoms. The molecule has 3 heterocycles. The van der Waals surface area contributed by atoms with Crippen molar-refractivity contribution >= 4 is 11.8 Å². The highest BCUT2D eigenvalue weighted by Crippen LogP contribution is 2.45. The summed E-state index contributed by atoms with van der Waals surface area (Å²) in [6.07, 6.45) is -1.34. The van der Waals surface area contributed by atoms with Gasteiger partial charge in [-0.05, 0) is 13.8 Å². The van der Waals surface area contributed by atoms with E-state index in [0.717, 1.165) is 5.75 Å². The zero-order chi connectivity index (χ0) is 9.92. The second-order valence-electron chi connectivity index (χ2n) is 4.43. The predicted molar refractivity (Wildman–Crippen MR) is 51.0 cm³/mol. The van der Waals surface area contributed by atoms with Gasteiger partial charge in [0, 0.05) is 11.0 Å². The second kappa shape index (κ2) is 2.86. The number of rotatable bonds is 1. The molecule has 0 aliphatic carbocycles. The van der Waals surface area contributed by atoms with E-state index in [1.54, 1.807) is 0 Å². The third-order valence-corrected chi connectivity index (χ3v) is 3.76. The van der Waals surface area contributed by atoms with Crippen LogP contribution < -0.4 is 0 Å². The zero-order valence-corrected chi connectivity index (χ0v) is 8.99. The SMILES string of the molecule is CC1(C)O[C@H]2O[C@H]([C@@H]3CS3)[C@H](O)[C@H]2O1. The van der Waals surface area contributed by atoms with Gasteiger partial charge in [-0.1, -0.05) is 0 Å². The van der Waals surface area contributed by atoms with E-state index in [1.807, 2.05) is 25.6 Å². The Morgan fingerprint density at radius 2 is 2.00 bits per heavy atom. The van der Waals surface area contributed by atoms with Crippen molar-refractivity contribution in [2.24, 2.45) is 0 Å². The van der Waals surface area contributed by atoms with Crippen LogP contribution in [0.15, 0.2) is 0 Å². The van der Waals surface area contributed by atoms with Crippen LogP contribution >= 0.6 is 11.8 Å². The van der Waals surface area contributed by atoms with Crippen molar-refractivity contribution in [2.45, 2.75) is 49.5 Å². The van der Waals surface area contributed by atoms with Gasteiger partial charge in [0.15, 0.2) is 12.1 Å². The molecule has 3 fully saturated rings. The molecule has 0 amide bonds. The van der Waals surface area contributed by atoms with Gasteiger partial charge in [-0.25, -0.2) is 0 Å². The maximum atomic E-state index is 9.96. The van der Waals surface area contributed by atoms with Crippen LogP contribution in [0, 0.1) is 0 Å². The number of thioether (sulfide) groups is 1. The minimum absolute atomic E-state index is 0.105. The highest BCUT2D eigenvalue weighted by molar-refractivity contribution is 8.06. The molecule has 0 spiro atoms. The lowest BCUT2D eigenvalue weighted by Crippen LogP contribution is -2.36. The van der Waals surface area contributed by atoms with Crippen molar-refractivity contribution in [2.75, 3.05) is 5.75 Å². The first-order valence-electron chi connectivity index (χ1n) is 4.88. The van der Waals surface area contributed by atoms with Gasteiger partial charge >= 0.3 is 0 Å². The van der Waals surface area contributed by atoms with Crippen LogP contribution in [0.4, 0.5) is 0 Å². The topological polar surface area (TPSA) is 47.9 Å². The monoisotopic (exact) mass is 218 g/mol. The molecule has 0 bridgehead atoms. The van der Waals surface area contributed by atoms with Gasteiger partial charge in [-0.2, -0.15) is 11.8 Å². The summed E-state index contributed by atoms with van der Waals surface area (Å²) < 4.78 is 16.8. The van der Waals surface area contributed by atoms with E-state index in [2.05, 4.69) is 0 Å². The Morgan fingerprint density at radius 1 is 1.29 bits per heavy atom. The van der Waals surface area contributed by atoms with Gasteiger partial charge in [-0.3, -0.25) is 0 Å². The molecule has 0 aromatic heterocycles. The summed E-state index contributed by atoms with van der Waals surface area (Å²) in [6, 6.07) is 0. The summed E-state index contributed by atoms with van der Waals surface area (Å²) in [5, 5.41) is 10.4. The normalized spacial score (nSPS) is 54.6. The van der Waals surface area contributed by atoms with E-state index >= 15 is 0 Å². The first-order chi connectivity index (χ1) is 6.57. The Bertz CT molecular complexity index is 251. The quantitative estimate of drug-likeness (QED) is 0.643. The van der Waals surface area contributed by atoms with E-state index in [9.17, 15) is 5.11 Å². The number of ether oxygens (including phenoxy) is 3. The molecule has 3 saturated heterocycles. The highest BCUT2D eigenvalue weighted by Gasteiger charge is 2.57. The molecular weight excluding hydrogens is 204 g/mol. The van der Waals surface area contributed by atoms with Gasteiger partial charge in [0.1, 0.15) is 18.3 Å². The first kappa shape index (κ1) is 9.42. The Hall–Kier alpha value is 0.190. The fourth-order valence-electron chi connectivity index (χ4n) is 2.07. The lowest BCUT2D eigenvalue weighted by Gasteiger charge is -2.22. The number of hydrogen-bond acceptors (Lipinski definition) is 5. The molecule has 14 heavy (non-hydrogen) atoms. The van der Waals surface area contributed by atoms with Crippen LogP contribution in [-0.2, 0) is 14.2 Å². The summed E-state index contributed by atoms with van der Waals surface area (Å²) >= 11 is 1.81. The molecule has 80 valence electrons. The van der Waals surface area contributed by atoms with Crippen molar-refractivity contribution in [3.8, 4) is 0 Å². The highest BCUT2D eigenvalue weighted by atomic mass is 32.2. The molecule has 3 rings (SSSR count). The summed E-state index contributed by atoms with van der Waals surface area (Å²) in [4.78, 5) is 0. The molecule has 0 saturated carbocycles. The van der Waals surface area contributed by atoms with Crippen molar-refractivity contribution in [3.05, 3.63) is 0 Å². The van der Waals surface area contributed by atoms with Crippen LogP contribution in [0.3, 0.4) is 0 Å². The average Bonchev–Trinajstić information content (AvgIpc) is 2.81. The Labute approximate surface area is 86.9 Å². The van der Waals surface area contributed by atoms with E-state index in [1.165, 1.54) is 0 Å². The van der Waals surface area contributed by atoms with Gasteiger partial charge < -0.3 is 19.3 Å². The number of hydrogen-bond donors (Lipinski definition) is 1. The molecule has 0 unspecified atom stereocenters. The minimum Gasteiger partial charge on any atom is -0.387 e. The molecule has 0 aromatic carbocycles. The maximum Gasteiger partial charge on any atom is 0.190 e. The molecule has 5 atom stereocenters. The van der Waals surface area contributed by atoms with Crippen LogP contribution in [0.1, 0.15) is 13.8 Å². The first-order valence-corrected chi connectivity index (χ1v) is 5.92. The Morgan fingerprint density at radius 3 is 2.57 bits per heavy atom. The fraction of sp³-hybridized carbons (Fsp3) is 1.00. The standard InChI is InChI=1S/C9H14O4S/c1-9(2)12-7-5(10)6(4-3-14-4)11-8(7)13-9/h4-8,10H,3H2,1-2H3/t4-,5-,6+,7+,8+/m0/s1. The number of aliphatic hydroxyl groups excluding tert-OH is 1. The predicted octanol–water partition coefficient (Wildman–Crippen LogP) is 0.339. The summed E-state index contributed by atoms with van der Waals surface area (Å²) in [7, 11) is 0. The lowest BCUT2D eigenvalue weighted by atomic mass is 10.1. The van der Waals surface area contributed by atoms with Gasteiger partial charge in [0.2, 0.25) is 0 Å². The van der Waals surface area contributed by atoms with Crippen molar-refractivity contribution in [3.63, 3.8) is 0 Å². The third-order valence-electron chi connectivity index (χ3n) is 2.78. The van der Waals surface area contributed by atoms with Gasteiger partial charge in [0.25, 0.3) is 0 Å². The van der Waals surface area contributed by atoms with E-state index in [4.69, 9.17) is 14.2 Å². The van der Waals surface area contributed by atoms with E-state index < -0.39 is 11.9 Å². The Balaban J connectivity index is 1.74. The van der Waals surface area contributed by atoms with Gasteiger partial charge in [0.05, 0.1) is 0 Å².